The molecule has 1 aromatic carbocycles. The van der Waals surface area contributed by atoms with Crippen molar-refractivity contribution in [2.24, 2.45) is 0 Å². The van der Waals surface area contributed by atoms with Crippen LogP contribution in [0.2, 0.25) is 0 Å². The number of thioether (sulfide) groups is 1. The fraction of sp³-hybridized carbons (Fsp3) is 0.417. The molecule has 148 valence electrons. The van der Waals surface area contributed by atoms with E-state index in [9.17, 15) is 41.8 Å². The van der Waals surface area contributed by atoms with Gasteiger partial charge in [-0.05, 0) is 6.42 Å². The van der Waals surface area contributed by atoms with Gasteiger partial charge in [0.2, 0.25) is 0 Å². The highest BCUT2D eigenvalue weighted by Gasteiger charge is 2.44. The van der Waals surface area contributed by atoms with Gasteiger partial charge in [-0.3, -0.25) is 20.2 Å². The van der Waals surface area contributed by atoms with Crippen LogP contribution in [0.1, 0.15) is 12.0 Å². The Morgan fingerprint density at radius 2 is 1.78 bits per heavy atom. The average molecular weight is 445 g/mol. The molecule has 1 aromatic rings. The minimum absolute atomic E-state index is 0.122. The zero-order chi connectivity index (χ0) is 20.6. The van der Waals surface area contributed by atoms with Gasteiger partial charge in [-0.2, -0.15) is 13.2 Å². The molecule has 1 heterocycles. The Bertz CT molecular complexity index is 919. The number of hydrogen-bond acceptors (Lipinski definition) is 8. The summed E-state index contributed by atoms with van der Waals surface area (Å²) in [7, 11) is -3.29. The van der Waals surface area contributed by atoms with Gasteiger partial charge in [-0.1, -0.05) is 24.0 Å². The van der Waals surface area contributed by atoms with Crippen LogP contribution in [-0.4, -0.2) is 40.1 Å². The molecule has 1 unspecified atom stereocenters. The van der Waals surface area contributed by atoms with Crippen molar-refractivity contribution in [3.05, 3.63) is 37.9 Å². The van der Waals surface area contributed by atoms with Crippen molar-refractivity contribution in [3.63, 3.8) is 0 Å². The Labute approximate surface area is 159 Å². The molecule has 15 heteroatoms. The lowest BCUT2D eigenvalue weighted by molar-refractivity contribution is -0.394. The molecule has 27 heavy (non-hydrogen) atoms. The SMILES string of the molecule is O=[N+]([O-])c1ccc([N+](=O)[O-])c(C(F)(F)F)c1SC(=S)NC1CCS(=O)(=O)C1. The first kappa shape index (κ1) is 21.3. The number of nitrogens with zero attached hydrogens (tertiary/aromatic N) is 2. The molecular formula is C12H10F3N3O6S3. The van der Waals surface area contributed by atoms with Crippen LogP contribution in [0, 0.1) is 20.2 Å². The number of alkyl halides is 3. The van der Waals surface area contributed by atoms with Crippen molar-refractivity contribution in [2.75, 3.05) is 11.5 Å². The molecule has 0 saturated carbocycles. The third kappa shape index (κ3) is 5.04. The van der Waals surface area contributed by atoms with E-state index in [1.165, 1.54) is 0 Å². The number of nitro groups is 2. The number of rotatable bonds is 4. The van der Waals surface area contributed by atoms with Gasteiger partial charge in [0.05, 0.1) is 21.4 Å². The van der Waals surface area contributed by atoms with E-state index in [0.29, 0.717) is 12.1 Å². The van der Waals surface area contributed by atoms with Crippen molar-refractivity contribution in [2.45, 2.75) is 23.5 Å². The van der Waals surface area contributed by atoms with Crippen molar-refractivity contribution < 1.29 is 31.4 Å². The van der Waals surface area contributed by atoms with E-state index in [1.54, 1.807) is 0 Å². The number of sulfone groups is 1. The first-order valence-corrected chi connectivity index (χ1v) is 10.1. The maximum atomic E-state index is 13.4. The molecule has 1 N–H and O–H groups in total. The summed E-state index contributed by atoms with van der Waals surface area (Å²) in [6.07, 6.45) is -5.07. The molecule has 1 aliphatic heterocycles. The standard InChI is InChI=1S/C12H10F3N3O6S3/c13-12(14,15)9-7(17(19)20)1-2-8(18(21)22)10(9)26-11(25)16-6-3-4-27(23,24)5-6/h1-2,6H,3-5H2,(H,16,25). The molecular weight excluding hydrogens is 435 g/mol. The lowest BCUT2D eigenvalue weighted by atomic mass is 10.1. The first-order chi connectivity index (χ1) is 12.3. The summed E-state index contributed by atoms with van der Waals surface area (Å²) in [5.74, 6) is -0.403. The Morgan fingerprint density at radius 3 is 2.22 bits per heavy atom. The maximum absolute atomic E-state index is 13.4. The highest BCUT2D eigenvalue weighted by Crippen LogP contribution is 2.46. The predicted octanol–water partition coefficient (Wildman–Crippen LogP) is 2.68. The number of nitro benzene ring substituents is 2. The van der Waals surface area contributed by atoms with Gasteiger partial charge in [0.15, 0.2) is 15.4 Å². The highest BCUT2D eigenvalue weighted by atomic mass is 32.2. The first-order valence-electron chi connectivity index (χ1n) is 7.03. The zero-order valence-corrected chi connectivity index (χ0v) is 15.5. The number of benzene rings is 1. The van der Waals surface area contributed by atoms with Gasteiger partial charge >= 0.3 is 6.18 Å². The van der Waals surface area contributed by atoms with Crippen LogP contribution in [0.3, 0.4) is 0 Å². The number of halogens is 3. The van der Waals surface area contributed by atoms with Crippen LogP contribution in [0.15, 0.2) is 17.0 Å². The molecule has 0 aromatic heterocycles. The normalized spacial score (nSPS) is 18.9. The quantitative estimate of drug-likeness (QED) is 0.321. The Hall–Kier alpha value is -2.00. The Balaban J connectivity index is 2.44. The van der Waals surface area contributed by atoms with E-state index < -0.39 is 53.7 Å². The second-order valence-electron chi connectivity index (χ2n) is 5.45. The summed E-state index contributed by atoms with van der Waals surface area (Å²) < 4.78 is 62.7. The van der Waals surface area contributed by atoms with Gasteiger partial charge in [-0.25, -0.2) is 8.42 Å². The number of nitrogens with one attached hydrogen (secondary N) is 1. The van der Waals surface area contributed by atoms with Crippen LogP contribution >= 0.6 is 24.0 Å². The molecule has 0 bridgehead atoms. The molecule has 9 nitrogen and oxygen atoms in total. The van der Waals surface area contributed by atoms with Gasteiger partial charge in [0, 0.05) is 18.2 Å². The number of thiocarbonyl (C=S) groups is 1. The molecule has 0 aliphatic carbocycles. The van der Waals surface area contributed by atoms with E-state index in [1.807, 2.05) is 0 Å². The van der Waals surface area contributed by atoms with Crippen LogP contribution in [0.5, 0.6) is 0 Å². The summed E-state index contributed by atoms with van der Waals surface area (Å²) in [4.78, 5) is 18.6. The monoisotopic (exact) mass is 445 g/mol. The summed E-state index contributed by atoms with van der Waals surface area (Å²) in [5.41, 5.74) is -4.13. The fourth-order valence-electron chi connectivity index (χ4n) is 2.43. The van der Waals surface area contributed by atoms with Crippen LogP contribution < -0.4 is 5.32 Å². The molecule has 0 radical (unpaired) electrons. The predicted molar refractivity (Wildman–Crippen MR) is 93.4 cm³/mol. The van der Waals surface area contributed by atoms with Gasteiger partial charge in [0.1, 0.15) is 9.22 Å². The summed E-state index contributed by atoms with van der Waals surface area (Å²) in [6, 6.07) is 0.353. The van der Waals surface area contributed by atoms with Crippen LogP contribution in [-0.2, 0) is 16.0 Å². The second-order valence-corrected chi connectivity index (χ2v) is 9.37. The minimum Gasteiger partial charge on any atom is -0.367 e. The van der Waals surface area contributed by atoms with Gasteiger partial charge in [0.25, 0.3) is 11.4 Å². The van der Waals surface area contributed by atoms with E-state index in [4.69, 9.17) is 12.2 Å². The van der Waals surface area contributed by atoms with Crippen molar-refractivity contribution in [1.82, 2.24) is 5.32 Å². The van der Waals surface area contributed by atoms with Crippen LogP contribution in [0.4, 0.5) is 24.5 Å². The largest absolute Gasteiger partial charge is 0.424 e. The molecule has 2 rings (SSSR count). The average Bonchev–Trinajstić information content (AvgIpc) is 2.83. The third-order valence-corrected chi connectivity index (χ3v) is 6.60. The third-order valence-electron chi connectivity index (χ3n) is 3.54. The molecule has 1 fully saturated rings. The summed E-state index contributed by atoms with van der Waals surface area (Å²) in [6.45, 7) is 0. The Morgan fingerprint density at radius 1 is 1.22 bits per heavy atom. The highest BCUT2D eigenvalue weighted by molar-refractivity contribution is 8.23. The molecule has 1 saturated heterocycles. The van der Waals surface area contributed by atoms with Gasteiger partial charge < -0.3 is 5.32 Å². The smallest absolute Gasteiger partial charge is 0.367 e. The topological polar surface area (TPSA) is 132 Å². The van der Waals surface area contributed by atoms with Gasteiger partial charge in [-0.15, -0.1) is 0 Å². The molecule has 0 spiro atoms. The van der Waals surface area contributed by atoms with Crippen molar-refractivity contribution in [1.29, 1.82) is 0 Å². The van der Waals surface area contributed by atoms with Crippen molar-refractivity contribution >= 4 is 49.5 Å². The maximum Gasteiger partial charge on any atom is 0.424 e. The van der Waals surface area contributed by atoms with E-state index in [0.717, 1.165) is 0 Å². The van der Waals surface area contributed by atoms with E-state index in [2.05, 4.69) is 5.32 Å². The fourth-order valence-corrected chi connectivity index (χ4v) is 5.50. The lowest BCUT2D eigenvalue weighted by Gasteiger charge is -2.16. The van der Waals surface area contributed by atoms with Crippen molar-refractivity contribution in [3.8, 4) is 0 Å². The lowest BCUT2D eigenvalue weighted by Crippen LogP contribution is -2.33. The Kier molecular flexibility index (Phi) is 5.96. The van der Waals surface area contributed by atoms with Crippen LogP contribution in [0.25, 0.3) is 0 Å². The summed E-state index contributed by atoms with van der Waals surface area (Å²) >= 11 is 5.01. The molecule has 0 amide bonds. The van der Waals surface area contributed by atoms with E-state index >= 15 is 0 Å². The minimum atomic E-state index is -5.25. The second kappa shape index (κ2) is 7.55. The summed E-state index contributed by atoms with van der Waals surface area (Å²) in [5, 5.41) is 24.6. The zero-order valence-electron chi connectivity index (χ0n) is 13.1. The van der Waals surface area contributed by atoms with E-state index in [-0.39, 0.29) is 34.0 Å². The molecule has 1 aliphatic rings. The molecule has 1 atom stereocenters. The number of hydrogen-bond donors (Lipinski definition) is 1.